The molecule has 16 heteroatoms. The van der Waals surface area contributed by atoms with E-state index in [4.69, 9.17) is 15.2 Å². The summed E-state index contributed by atoms with van der Waals surface area (Å²) in [6.07, 6.45) is 20.6. The van der Waals surface area contributed by atoms with Crippen molar-refractivity contribution < 1.29 is 9.47 Å². The first-order valence-corrected chi connectivity index (χ1v) is 46.1. The summed E-state index contributed by atoms with van der Waals surface area (Å²) in [5.41, 5.74) is 7.23. The van der Waals surface area contributed by atoms with Gasteiger partial charge in [-0.25, -0.2) is 0 Å². The first-order chi connectivity index (χ1) is 51.0. The smallest absolute Gasteiger partial charge is 0.0594 e. The fourth-order valence-electron chi connectivity index (χ4n) is 13.5. The molecule has 6 heterocycles. The van der Waals surface area contributed by atoms with Crippen molar-refractivity contribution in [2.24, 2.45) is 46.2 Å². The summed E-state index contributed by atoms with van der Waals surface area (Å²) < 4.78 is 10.5. The minimum absolute atomic E-state index is 0. The summed E-state index contributed by atoms with van der Waals surface area (Å²) in [4.78, 5) is 31.8. The number of likely N-dealkylation sites (N-methyl/N-ethyl adjacent to an activating group) is 2. The maximum atomic E-state index is 6.29. The molecule has 109 heavy (non-hydrogen) atoms. The molecule has 0 aromatic heterocycles. The van der Waals surface area contributed by atoms with E-state index >= 15 is 0 Å². The number of rotatable bonds is 33. The third-order valence-corrected chi connectivity index (χ3v) is 20.6. The van der Waals surface area contributed by atoms with E-state index in [1.54, 1.807) is 0 Å². The lowest BCUT2D eigenvalue weighted by Crippen LogP contribution is -2.53. The van der Waals surface area contributed by atoms with Gasteiger partial charge in [0.05, 0.1) is 26.4 Å². The Morgan fingerprint density at radius 2 is 0.688 bits per heavy atom. The van der Waals surface area contributed by atoms with Crippen LogP contribution in [0.3, 0.4) is 0 Å². The van der Waals surface area contributed by atoms with Crippen molar-refractivity contribution in [3.8, 4) is 0 Å². The predicted molar refractivity (Wildman–Crippen MR) is 496 cm³/mol. The number of nitrogens with zero attached hydrogens (tertiary/aromatic N) is 13. The molecule has 0 aromatic rings. The highest BCUT2D eigenvalue weighted by molar-refractivity contribution is 4.80. The minimum Gasteiger partial charge on any atom is -0.379 e. The Kier molecular flexibility index (Phi) is 88.7. The first kappa shape index (κ1) is 119. The summed E-state index contributed by atoms with van der Waals surface area (Å²) in [5, 5.41) is 0. The van der Waals surface area contributed by atoms with Crippen LogP contribution in [0.4, 0.5) is 0 Å². The van der Waals surface area contributed by atoms with Crippen LogP contribution >= 0.6 is 0 Å². The standard InChI is InChI=1S/C13H29N5.C10H23N.2C9H19N.2C8H17NO.2C8H19N.2C7H17N.C5H12.CH4/c1-15-3-7-17(8-4-15)11-13(14)12-18-9-5-16(2)6-10-18;1-5-11(6-2)9-7-8-10(3)4;1-9(2)8-10-6-4-3-5-7-10;1-2-3-7-10-8-5-4-6-9-10;1-8(2)7-9-3-5-10-6-4-9;1-2-3-4-9-5-7-10-8-6-9;1-6-8(2,3)7-9(4)5;1-5-9(6-2)7-8(3)4;1-7(2,3)6-8(4)5;1-4-7-8(5-2)6-3;1-4-5(2)3;/h13H,3-12,14H2,1-2H3;10H,5-9H2,1-4H3;9H,3-8H2,1-2H3;2-9H2,1H3;8H,3-7H2,1-2H3;2-8H2,1H3;6-7H2,1-5H3;8H,5-7H2,1-4H3;6H2,1-5H3;4-7H2,1-3H3;5H,4H2,1-3H3;1H4. The van der Waals surface area contributed by atoms with Crippen molar-refractivity contribution in [1.29, 1.82) is 0 Å². The molecular weight excluding hydrogens is 1350 g/mol. The SMILES string of the molecule is C.CC(C)CN1CCCCC1.CC(C)CN1CCOCC1.CCC(C)(C)CN(C)C.CCC(C)C.CCCCN1CCCCC1.CCCCN1CCOCC1.CCCN(CC)CC.CCN(CC)CC(C)C.CCN(CC)CCCC(C)C.CN(C)CC(C)(C)C.CN1CCN(CC(N)CN2CCN(C)CC2)CC1. The van der Waals surface area contributed by atoms with E-state index < -0.39 is 0 Å². The Hall–Kier alpha value is -0.640. The zero-order valence-electron chi connectivity index (χ0n) is 80.4. The molecule has 6 aliphatic heterocycles. The second kappa shape index (κ2) is 81.1. The maximum absolute atomic E-state index is 6.29. The first-order valence-electron chi connectivity index (χ1n) is 46.1. The number of piperidine rings is 2. The molecule has 0 radical (unpaired) electrons. The molecule has 0 unspecified atom stereocenters. The Bertz CT molecular complexity index is 1630. The van der Waals surface area contributed by atoms with Gasteiger partial charge in [0.1, 0.15) is 0 Å². The topological polar surface area (TPSA) is 86.6 Å². The molecule has 6 aliphatic rings. The third-order valence-electron chi connectivity index (χ3n) is 20.6. The molecular formula is C93H212N14O2. The molecule has 0 amide bonds. The molecule has 0 atom stereocenters. The van der Waals surface area contributed by atoms with Crippen LogP contribution in [0.2, 0.25) is 0 Å². The number of unbranched alkanes of at least 4 members (excludes halogenated alkanes) is 2. The Balaban J connectivity index is -0.000000271. The zero-order chi connectivity index (χ0) is 83.2. The molecule has 16 nitrogen and oxygen atoms in total. The van der Waals surface area contributed by atoms with Crippen molar-refractivity contribution >= 4 is 0 Å². The lowest BCUT2D eigenvalue weighted by Gasteiger charge is -2.37. The molecule has 2 N–H and O–H groups in total. The van der Waals surface area contributed by atoms with E-state index in [-0.39, 0.29) is 7.43 Å². The number of ether oxygens (including phenoxy) is 2. The van der Waals surface area contributed by atoms with E-state index in [1.807, 2.05) is 0 Å². The molecule has 0 aromatic carbocycles. The van der Waals surface area contributed by atoms with Crippen molar-refractivity contribution in [3.63, 3.8) is 0 Å². The fourth-order valence-corrected chi connectivity index (χ4v) is 13.5. The van der Waals surface area contributed by atoms with E-state index in [0.717, 1.165) is 102 Å². The number of piperazine rings is 2. The van der Waals surface area contributed by atoms with Crippen LogP contribution in [-0.4, -0.2) is 354 Å². The van der Waals surface area contributed by atoms with Gasteiger partial charge in [0.25, 0.3) is 0 Å². The van der Waals surface area contributed by atoms with Crippen LogP contribution in [-0.2, 0) is 9.47 Å². The van der Waals surface area contributed by atoms with Gasteiger partial charge in [0.15, 0.2) is 0 Å². The fraction of sp³-hybridized carbons (Fsp3) is 1.00. The van der Waals surface area contributed by atoms with Gasteiger partial charge in [-0.3, -0.25) is 19.6 Å². The number of hydrogen-bond acceptors (Lipinski definition) is 16. The lowest BCUT2D eigenvalue weighted by atomic mass is 9.90. The molecule has 0 bridgehead atoms. The van der Waals surface area contributed by atoms with Gasteiger partial charge in [-0.2, -0.15) is 0 Å². The van der Waals surface area contributed by atoms with E-state index in [0.29, 0.717) is 16.9 Å². The Morgan fingerprint density at radius 3 is 0.945 bits per heavy atom. The monoisotopic (exact) mass is 1560 g/mol. The highest BCUT2D eigenvalue weighted by Crippen LogP contribution is 2.20. The molecule has 666 valence electrons. The number of likely N-dealkylation sites (tertiary alicyclic amines) is 2. The summed E-state index contributed by atoms with van der Waals surface area (Å²) in [5.74, 6) is 4.20. The largest absolute Gasteiger partial charge is 0.379 e. The second-order valence-electron chi connectivity index (χ2n) is 36.9. The van der Waals surface area contributed by atoms with Crippen molar-refractivity contribution in [1.82, 2.24) is 63.7 Å². The highest BCUT2D eigenvalue weighted by Gasteiger charge is 2.21. The third kappa shape index (κ3) is 89.6. The maximum Gasteiger partial charge on any atom is 0.0594 e. The van der Waals surface area contributed by atoms with Crippen LogP contribution in [0.15, 0.2) is 0 Å². The summed E-state index contributed by atoms with van der Waals surface area (Å²) >= 11 is 0. The van der Waals surface area contributed by atoms with Gasteiger partial charge in [-0.15, -0.1) is 0 Å². The average Bonchev–Trinajstić information content (AvgIpc) is 0.875. The summed E-state index contributed by atoms with van der Waals surface area (Å²) in [6, 6.07) is 0.303. The van der Waals surface area contributed by atoms with E-state index in [1.165, 1.54) is 266 Å². The average molecular weight is 1560 g/mol. The van der Waals surface area contributed by atoms with Gasteiger partial charge in [0, 0.05) is 130 Å². The molecule has 0 spiro atoms. The molecule has 0 saturated carbocycles. The predicted octanol–water partition coefficient (Wildman–Crippen LogP) is 18.1. The zero-order valence-corrected chi connectivity index (χ0v) is 80.4. The van der Waals surface area contributed by atoms with Crippen LogP contribution in [0.1, 0.15) is 284 Å². The van der Waals surface area contributed by atoms with Gasteiger partial charge >= 0.3 is 0 Å². The van der Waals surface area contributed by atoms with E-state index in [9.17, 15) is 0 Å². The quantitative estimate of drug-likeness (QED) is 0.0676. The van der Waals surface area contributed by atoms with Gasteiger partial charge in [-0.05, 0) is 239 Å². The summed E-state index contributed by atoms with van der Waals surface area (Å²) in [6.45, 7) is 102. The Morgan fingerprint density at radius 1 is 0.358 bits per heavy atom. The number of nitrogens with two attached hydrogens (primary N) is 1. The van der Waals surface area contributed by atoms with Gasteiger partial charge < -0.3 is 59.3 Å². The highest BCUT2D eigenvalue weighted by atomic mass is 16.5. The molecule has 0 aliphatic carbocycles. The van der Waals surface area contributed by atoms with Gasteiger partial charge in [0.2, 0.25) is 0 Å². The molecule has 6 saturated heterocycles. The van der Waals surface area contributed by atoms with Crippen molar-refractivity contribution in [2.75, 3.05) is 285 Å². The lowest BCUT2D eigenvalue weighted by molar-refractivity contribution is 0.0329. The summed E-state index contributed by atoms with van der Waals surface area (Å²) in [7, 11) is 12.8. The van der Waals surface area contributed by atoms with Crippen molar-refractivity contribution in [3.05, 3.63) is 0 Å². The second-order valence-corrected chi connectivity index (χ2v) is 36.9. The van der Waals surface area contributed by atoms with Crippen LogP contribution in [0.5, 0.6) is 0 Å². The molecule has 6 fully saturated rings. The van der Waals surface area contributed by atoms with Crippen LogP contribution in [0.25, 0.3) is 0 Å². The minimum atomic E-state index is 0. The normalized spacial score (nSPS) is 17.5. The van der Waals surface area contributed by atoms with Crippen LogP contribution < -0.4 is 5.73 Å². The van der Waals surface area contributed by atoms with Gasteiger partial charge in [-0.1, -0.05) is 220 Å². The number of morpholine rings is 2. The van der Waals surface area contributed by atoms with Crippen molar-refractivity contribution in [2.45, 2.75) is 290 Å². The molecule has 6 rings (SSSR count). The van der Waals surface area contributed by atoms with Crippen LogP contribution in [0, 0.1) is 40.4 Å². The van der Waals surface area contributed by atoms with E-state index in [2.05, 4.69) is 286 Å². The Labute approximate surface area is 690 Å². The number of hydrogen-bond donors (Lipinski definition) is 1.